The first-order valence-electron chi connectivity index (χ1n) is 3.54. The Morgan fingerprint density at radius 2 is 2.08 bits per heavy atom. The summed E-state index contributed by atoms with van der Waals surface area (Å²) in [6.07, 6.45) is 1.83. The molecule has 0 aliphatic carbocycles. The van der Waals surface area contributed by atoms with Crippen LogP contribution in [-0.2, 0) is 0 Å². The lowest BCUT2D eigenvalue weighted by molar-refractivity contribution is 1.33. The average molecular weight is 196 g/mol. The van der Waals surface area contributed by atoms with Crippen molar-refractivity contribution in [2.24, 2.45) is 0 Å². The van der Waals surface area contributed by atoms with Crippen molar-refractivity contribution in [1.82, 2.24) is 4.98 Å². The van der Waals surface area contributed by atoms with Crippen LogP contribution in [0.1, 0.15) is 0 Å². The van der Waals surface area contributed by atoms with Crippen molar-refractivity contribution in [2.45, 2.75) is 0 Å². The third kappa shape index (κ3) is 1.24. The van der Waals surface area contributed by atoms with Gasteiger partial charge in [-0.15, -0.1) is 0 Å². The van der Waals surface area contributed by atoms with Gasteiger partial charge in [0.1, 0.15) is 4.64 Å². The van der Waals surface area contributed by atoms with Crippen LogP contribution in [0.2, 0.25) is 5.02 Å². The minimum absolute atomic E-state index is 0.716. The summed E-state index contributed by atoms with van der Waals surface area (Å²) in [5.74, 6) is 0. The highest BCUT2D eigenvalue weighted by molar-refractivity contribution is 7.71. The third-order valence-corrected chi connectivity index (χ3v) is 2.31. The minimum Gasteiger partial charge on any atom is -0.352 e. The van der Waals surface area contributed by atoms with Gasteiger partial charge in [0.2, 0.25) is 0 Å². The van der Waals surface area contributed by atoms with Crippen molar-refractivity contribution in [3.8, 4) is 0 Å². The third-order valence-electron chi connectivity index (χ3n) is 1.74. The number of aromatic nitrogens is 1. The fourth-order valence-corrected chi connectivity index (χ4v) is 1.57. The van der Waals surface area contributed by atoms with E-state index in [2.05, 4.69) is 4.98 Å². The predicted octanol–water partition coefficient (Wildman–Crippen LogP) is 3.55. The number of hydrogen-bond donors (Lipinski definition) is 1. The molecule has 1 aromatic carbocycles. The molecular weight excluding hydrogens is 190 g/mol. The molecule has 2 rings (SSSR count). The number of H-pyrrole nitrogens is 1. The zero-order chi connectivity index (χ0) is 8.55. The van der Waals surface area contributed by atoms with Crippen molar-refractivity contribution in [2.75, 3.05) is 0 Å². The van der Waals surface area contributed by atoms with Gasteiger partial charge in [-0.1, -0.05) is 29.9 Å². The Kier molecular flexibility index (Phi) is 1.87. The number of benzene rings is 1. The van der Waals surface area contributed by atoms with E-state index < -0.39 is 0 Å². The van der Waals surface area contributed by atoms with Crippen molar-refractivity contribution in [3.05, 3.63) is 40.1 Å². The smallest absolute Gasteiger partial charge is 0.111 e. The van der Waals surface area contributed by atoms with Gasteiger partial charge < -0.3 is 4.98 Å². The topological polar surface area (TPSA) is 15.8 Å². The maximum absolute atomic E-state index is 5.83. The molecule has 0 atom stereocenters. The van der Waals surface area contributed by atoms with Gasteiger partial charge in [0.25, 0.3) is 0 Å². The van der Waals surface area contributed by atoms with E-state index in [4.69, 9.17) is 23.8 Å². The molecule has 12 heavy (non-hydrogen) atoms. The van der Waals surface area contributed by atoms with Crippen LogP contribution in [-0.4, -0.2) is 4.98 Å². The lowest BCUT2D eigenvalue weighted by atomic mass is 10.2. The van der Waals surface area contributed by atoms with Crippen molar-refractivity contribution >= 4 is 34.6 Å². The maximum Gasteiger partial charge on any atom is 0.111 e. The summed E-state index contributed by atoms with van der Waals surface area (Å²) in [5, 5.41) is 2.83. The molecule has 1 heterocycles. The highest BCUT2D eigenvalue weighted by Crippen LogP contribution is 2.18. The van der Waals surface area contributed by atoms with Crippen LogP contribution in [0.25, 0.3) is 10.8 Å². The van der Waals surface area contributed by atoms with E-state index in [1.54, 1.807) is 0 Å². The van der Waals surface area contributed by atoms with Crippen LogP contribution in [0, 0.1) is 4.64 Å². The number of pyridine rings is 1. The monoisotopic (exact) mass is 195 g/mol. The molecule has 0 amide bonds. The Labute approximate surface area is 80.0 Å². The van der Waals surface area contributed by atoms with Crippen LogP contribution in [0.15, 0.2) is 30.5 Å². The molecule has 1 N–H and O–H groups in total. The highest BCUT2D eigenvalue weighted by Gasteiger charge is 1.94. The number of fused-ring (bicyclic) bond motifs is 1. The van der Waals surface area contributed by atoms with E-state index >= 15 is 0 Å². The van der Waals surface area contributed by atoms with Gasteiger partial charge in [-0.25, -0.2) is 0 Å². The summed E-state index contributed by atoms with van der Waals surface area (Å²) < 4.78 is 0.731. The van der Waals surface area contributed by atoms with Crippen LogP contribution < -0.4 is 0 Å². The van der Waals surface area contributed by atoms with E-state index in [1.807, 2.05) is 30.5 Å². The molecule has 0 aliphatic rings. The minimum atomic E-state index is 0.716. The highest BCUT2D eigenvalue weighted by atomic mass is 35.5. The molecule has 60 valence electrons. The standard InChI is InChI=1S/C9H6ClNS/c10-7-2-1-6-3-4-11-9(12)8(6)5-7/h1-5H,(H,11,12). The molecule has 0 radical (unpaired) electrons. The Morgan fingerprint density at radius 1 is 1.25 bits per heavy atom. The van der Waals surface area contributed by atoms with Crippen LogP contribution in [0.3, 0.4) is 0 Å². The predicted molar refractivity (Wildman–Crippen MR) is 54.1 cm³/mol. The summed E-state index contributed by atoms with van der Waals surface area (Å²) in [6, 6.07) is 7.66. The fourth-order valence-electron chi connectivity index (χ4n) is 1.16. The van der Waals surface area contributed by atoms with Crippen LogP contribution in [0.4, 0.5) is 0 Å². The van der Waals surface area contributed by atoms with E-state index in [9.17, 15) is 0 Å². The van der Waals surface area contributed by atoms with Crippen molar-refractivity contribution in [1.29, 1.82) is 0 Å². The Bertz CT molecular complexity index is 475. The first-order chi connectivity index (χ1) is 5.77. The van der Waals surface area contributed by atoms with Gasteiger partial charge in [-0.3, -0.25) is 0 Å². The molecule has 0 aliphatic heterocycles. The number of aromatic amines is 1. The van der Waals surface area contributed by atoms with Gasteiger partial charge in [0.05, 0.1) is 0 Å². The molecule has 2 aromatic rings. The van der Waals surface area contributed by atoms with E-state index in [0.717, 1.165) is 15.4 Å². The second kappa shape index (κ2) is 2.88. The summed E-state index contributed by atoms with van der Waals surface area (Å²) in [7, 11) is 0. The van der Waals surface area contributed by atoms with Gasteiger partial charge in [-0.05, 0) is 23.6 Å². The first-order valence-corrected chi connectivity index (χ1v) is 4.33. The largest absolute Gasteiger partial charge is 0.352 e. The van der Waals surface area contributed by atoms with E-state index in [1.165, 1.54) is 0 Å². The maximum atomic E-state index is 5.83. The summed E-state index contributed by atoms with van der Waals surface area (Å²) in [4.78, 5) is 2.96. The number of halogens is 1. The van der Waals surface area contributed by atoms with E-state index in [0.29, 0.717) is 5.02 Å². The summed E-state index contributed by atoms with van der Waals surface area (Å²) >= 11 is 10.9. The Morgan fingerprint density at radius 3 is 2.92 bits per heavy atom. The molecule has 3 heteroatoms. The SMILES string of the molecule is S=c1[nH]ccc2ccc(Cl)cc12. The second-order valence-electron chi connectivity index (χ2n) is 2.54. The van der Waals surface area contributed by atoms with Gasteiger partial charge in [0, 0.05) is 16.6 Å². The van der Waals surface area contributed by atoms with Gasteiger partial charge in [-0.2, -0.15) is 0 Å². The molecule has 0 spiro atoms. The molecule has 0 saturated carbocycles. The molecular formula is C9H6ClNS. The summed E-state index contributed by atoms with van der Waals surface area (Å²) in [5.41, 5.74) is 0. The lowest BCUT2D eigenvalue weighted by Gasteiger charge is -1.96. The molecule has 1 aromatic heterocycles. The van der Waals surface area contributed by atoms with Crippen LogP contribution >= 0.6 is 23.8 Å². The Hall–Kier alpha value is -0.860. The molecule has 0 bridgehead atoms. The number of hydrogen-bond acceptors (Lipinski definition) is 1. The Balaban J connectivity index is 2.98. The quantitative estimate of drug-likeness (QED) is 0.636. The van der Waals surface area contributed by atoms with Crippen molar-refractivity contribution < 1.29 is 0 Å². The zero-order valence-electron chi connectivity index (χ0n) is 6.17. The lowest BCUT2D eigenvalue weighted by Crippen LogP contribution is -1.77. The molecule has 0 saturated heterocycles. The number of nitrogens with one attached hydrogen (secondary N) is 1. The number of rotatable bonds is 0. The van der Waals surface area contributed by atoms with Crippen molar-refractivity contribution in [3.63, 3.8) is 0 Å². The van der Waals surface area contributed by atoms with Gasteiger partial charge >= 0.3 is 0 Å². The zero-order valence-corrected chi connectivity index (χ0v) is 7.75. The van der Waals surface area contributed by atoms with Crippen LogP contribution in [0.5, 0.6) is 0 Å². The average Bonchev–Trinajstić information content (AvgIpc) is 2.07. The second-order valence-corrected chi connectivity index (χ2v) is 3.38. The molecule has 1 nitrogen and oxygen atoms in total. The normalized spacial score (nSPS) is 10.4. The molecule has 0 unspecified atom stereocenters. The van der Waals surface area contributed by atoms with E-state index in [-0.39, 0.29) is 0 Å². The first kappa shape index (κ1) is 7.77. The fraction of sp³-hybridized carbons (Fsp3) is 0. The summed E-state index contributed by atoms with van der Waals surface area (Å²) in [6.45, 7) is 0. The molecule has 0 fully saturated rings. The van der Waals surface area contributed by atoms with Gasteiger partial charge in [0.15, 0.2) is 0 Å².